The van der Waals surface area contributed by atoms with Gasteiger partial charge in [0.1, 0.15) is 0 Å². The Balaban J connectivity index is 2.06. The normalized spacial score (nSPS) is 28.9. The van der Waals surface area contributed by atoms with E-state index < -0.39 is 5.41 Å². The van der Waals surface area contributed by atoms with Gasteiger partial charge in [0.05, 0.1) is 25.6 Å². The number of ketones is 1. The molecule has 2 unspecified atom stereocenters. The van der Waals surface area contributed by atoms with Crippen molar-refractivity contribution in [1.29, 1.82) is 0 Å². The fourth-order valence-electron chi connectivity index (χ4n) is 5.29. The summed E-state index contributed by atoms with van der Waals surface area (Å²) in [7, 11) is 3.39. The first kappa shape index (κ1) is 15.7. The molecular weight excluding hydrogens is 300 g/mol. The summed E-state index contributed by atoms with van der Waals surface area (Å²) in [6.45, 7) is 8.81. The molecule has 0 heterocycles. The number of allylic oxidation sites excluding steroid dienone is 2. The molecule has 0 saturated heterocycles. The molecule has 2 bridgehead atoms. The maximum atomic E-state index is 13.3. The second-order valence-electron chi connectivity index (χ2n) is 8.36. The number of hydrogen-bond acceptors (Lipinski definition) is 3. The monoisotopic (exact) mass is 326 g/mol. The topological polar surface area (TPSA) is 35.5 Å². The van der Waals surface area contributed by atoms with Crippen LogP contribution in [-0.4, -0.2) is 20.0 Å². The number of benzene rings is 1. The molecule has 3 aliphatic carbocycles. The van der Waals surface area contributed by atoms with E-state index in [2.05, 4.69) is 39.8 Å². The van der Waals surface area contributed by atoms with E-state index in [1.165, 1.54) is 5.57 Å². The number of fused-ring (bicyclic) bond motifs is 3. The second-order valence-corrected chi connectivity index (χ2v) is 8.36. The van der Waals surface area contributed by atoms with E-state index in [1.54, 1.807) is 14.2 Å². The van der Waals surface area contributed by atoms with E-state index in [4.69, 9.17) is 9.47 Å². The summed E-state index contributed by atoms with van der Waals surface area (Å²) in [5.74, 6) is 2.13. The lowest BCUT2D eigenvalue weighted by Crippen LogP contribution is -2.30. The molecule has 3 nitrogen and oxygen atoms in total. The van der Waals surface area contributed by atoms with Crippen LogP contribution in [0.3, 0.4) is 0 Å². The molecule has 0 aromatic heterocycles. The van der Waals surface area contributed by atoms with Gasteiger partial charge >= 0.3 is 0 Å². The largest absolute Gasteiger partial charge is 0.493 e. The Labute approximate surface area is 144 Å². The Morgan fingerprint density at radius 1 is 1.12 bits per heavy atom. The fourth-order valence-corrected chi connectivity index (χ4v) is 5.29. The number of hydrogen-bond donors (Lipinski definition) is 0. The Hall–Kier alpha value is -1.77. The molecule has 1 fully saturated rings. The van der Waals surface area contributed by atoms with Crippen molar-refractivity contribution in [3.05, 3.63) is 34.4 Å². The molecule has 1 spiro atoms. The van der Waals surface area contributed by atoms with Gasteiger partial charge in [-0.25, -0.2) is 0 Å². The summed E-state index contributed by atoms with van der Waals surface area (Å²) in [4.78, 5) is 13.3. The van der Waals surface area contributed by atoms with Gasteiger partial charge in [-0.3, -0.25) is 4.79 Å². The van der Waals surface area contributed by atoms with Gasteiger partial charge in [-0.1, -0.05) is 39.8 Å². The van der Waals surface area contributed by atoms with Gasteiger partial charge < -0.3 is 9.47 Å². The molecule has 0 aliphatic heterocycles. The molecule has 0 N–H and O–H groups in total. The van der Waals surface area contributed by atoms with E-state index in [1.807, 2.05) is 0 Å². The van der Waals surface area contributed by atoms with Gasteiger partial charge in [-0.15, -0.1) is 0 Å². The summed E-state index contributed by atoms with van der Waals surface area (Å²) in [5.41, 5.74) is 4.26. The van der Waals surface area contributed by atoms with Crippen molar-refractivity contribution in [3.8, 4) is 11.5 Å². The highest BCUT2D eigenvalue weighted by Crippen LogP contribution is 2.68. The quantitative estimate of drug-likeness (QED) is 0.768. The molecule has 3 aliphatic rings. The fraction of sp³-hybridized carbons (Fsp3) is 0.571. The average molecular weight is 326 g/mol. The Morgan fingerprint density at radius 3 is 2.38 bits per heavy atom. The predicted molar refractivity (Wildman–Crippen MR) is 94.2 cm³/mol. The maximum Gasteiger partial charge on any atom is 0.165 e. The second kappa shape index (κ2) is 4.65. The molecule has 0 radical (unpaired) electrons. The van der Waals surface area contributed by atoms with Crippen LogP contribution in [0.4, 0.5) is 0 Å². The number of Topliss-reactive ketones (excluding diaryl/α,β-unsaturated/α-hetero) is 1. The molecular formula is C21H26O3. The van der Waals surface area contributed by atoms with Crippen LogP contribution >= 0.6 is 0 Å². The lowest BCUT2D eigenvalue weighted by atomic mass is 9.72. The minimum absolute atomic E-state index is 0.0804. The summed E-state index contributed by atoms with van der Waals surface area (Å²) >= 11 is 0. The highest BCUT2D eigenvalue weighted by molar-refractivity contribution is 6.09. The van der Waals surface area contributed by atoms with Crippen molar-refractivity contribution in [3.63, 3.8) is 0 Å². The number of carbonyl (C=O) groups excluding carboxylic acids is 1. The highest BCUT2D eigenvalue weighted by atomic mass is 16.5. The third-order valence-electron chi connectivity index (χ3n) is 6.44. The number of methoxy groups -OCH3 is 2. The first-order valence-electron chi connectivity index (χ1n) is 8.86. The standard InChI is InChI=1S/C21H26O3/c1-11(2)12-9-13-14-10-15-20(3,4)7-8-21(15,19(14)22)16(13)18(24-6)17(12)23-5/h9-11,14H,7-8H2,1-6H3. The number of carbonyl (C=O) groups is 1. The summed E-state index contributed by atoms with van der Waals surface area (Å²) in [6.07, 6.45) is 4.16. The van der Waals surface area contributed by atoms with Gasteiger partial charge in [0.2, 0.25) is 0 Å². The van der Waals surface area contributed by atoms with Crippen LogP contribution in [0.15, 0.2) is 17.7 Å². The minimum atomic E-state index is -0.475. The van der Waals surface area contributed by atoms with Crippen LogP contribution in [-0.2, 0) is 10.2 Å². The van der Waals surface area contributed by atoms with Crippen molar-refractivity contribution in [2.75, 3.05) is 14.2 Å². The summed E-state index contributed by atoms with van der Waals surface area (Å²) < 4.78 is 11.6. The maximum absolute atomic E-state index is 13.3. The Bertz CT molecular complexity index is 785. The zero-order valence-corrected chi connectivity index (χ0v) is 15.4. The van der Waals surface area contributed by atoms with E-state index in [-0.39, 0.29) is 11.3 Å². The number of rotatable bonds is 3. The van der Waals surface area contributed by atoms with Crippen LogP contribution in [0.2, 0.25) is 0 Å². The van der Waals surface area contributed by atoms with Gasteiger partial charge in [0, 0.05) is 11.1 Å². The average Bonchev–Trinajstić information content (AvgIpc) is 3.08. The highest BCUT2D eigenvalue weighted by Gasteiger charge is 2.65. The molecule has 24 heavy (non-hydrogen) atoms. The third kappa shape index (κ3) is 1.56. The van der Waals surface area contributed by atoms with E-state index in [0.29, 0.717) is 11.7 Å². The lowest BCUT2D eigenvalue weighted by molar-refractivity contribution is -0.121. The molecule has 1 saturated carbocycles. The van der Waals surface area contributed by atoms with Gasteiger partial charge in [0.15, 0.2) is 17.3 Å². The lowest BCUT2D eigenvalue weighted by Gasteiger charge is -2.32. The van der Waals surface area contributed by atoms with Crippen molar-refractivity contribution >= 4 is 5.78 Å². The molecule has 1 aromatic rings. The smallest absolute Gasteiger partial charge is 0.165 e. The van der Waals surface area contributed by atoms with E-state index >= 15 is 0 Å². The Kier molecular flexibility index (Phi) is 3.05. The van der Waals surface area contributed by atoms with Crippen molar-refractivity contribution < 1.29 is 14.3 Å². The third-order valence-corrected chi connectivity index (χ3v) is 6.44. The molecule has 3 heteroatoms. The van der Waals surface area contributed by atoms with Crippen LogP contribution in [0, 0.1) is 5.41 Å². The SMILES string of the molecule is COc1c(C(C)C)cc2c(c1OC)C13CCC(C)(C)C1=CC2C3=O. The van der Waals surface area contributed by atoms with Gasteiger partial charge in [0.25, 0.3) is 0 Å². The number of ether oxygens (including phenoxy) is 2. The van der Waals surface area contributed by atoms with Crippen LogP contribution in [0.5, 0.6) is 11.5 Å². The first-order valence-corrected chi connectivity index (χ1v) is 8.86. The van der Waals surface area contributed by atoms with E-state index in [0.717, 1.165) is 41.0 Å². The zero-order chi connectivity index (χ0) is 17.4. The summed E-state index contributed by atoms with van der Waals surface area (Å²) in [5, 5.41) is 0. The first-order chi connectivity index (χ1) is 11.3. The van der Waals surface area contributed by atoms with Gasteiger partial charge in [-0.05, 0) is 35.3 Å². The molecule has 128 valence electrons. The zero-order valence-electron chi connectivity index (χ0n) is 15.4. The van der Waals surface area contributed by atoms with Crippen LogP contribution in [0.25, 0.3) is 0 Å². The van der Waals surface area contributed by atoms with Crippen LogP contribution in [0.1, 0.15) is 69.1 Å². The van der Waals surface area contributed by atoms with Crippen LogP contribution < -0.4 is 9.47 Å². The Morgan fingerprint density at radius 2 is 1.79 bits per heavy atom. The summed E-state index contributed by atoms with van der Waals surface area (Å²) in [6, 6.07) is 2.19. The van der Waals surface area contributed by atoms with E-state index in [9.17, 15) is 4.79 Å². The van der Waals surface area contributed by atoms with Crippen molar-refractivity contribution in [1.82, 2.24) is 0 Å². The molecule has 2 atom stereocenters. The van der Waals surface area contributed by atoms with Crippen molar-refractivity contribution in [2.45, 2.75) is 57.8 Å². The van der Waals surface area contributed by atoms with Crippen molar-refractivity contribution in [2.24, 2.45) is 5.41 Å². The molecule has 1 aromatic carbocycles. The molecule has 4 rings (SSSR count). The molecule has 0 amide bonds. The predicted octanol–water partition coefficient (Wildman–Crippen LogP) is 4.49. The minimum Gasteiger partial charge on any atom is -0.493 e. The van der Waals surface area contributed by atoms with Gasteiger partial charge in [-0.2, -0.15) is 0 Å².